The lowest BCUT2D eigenvalue weighted by atomic mass is 10.0. The van der Waals surface area contributed by atoms with E-state index in [0.29, 0.717) is 6.42 Å². The summed E-state index contributed by atoms with van der Waals surface area (Å²) < 4.78 is 32.9. The molecule has 0 aliphatic rings. The molecule has 3 N–H and O–H groups in total. The highest BCUT2D eigenvalue weighted by atomic mass is 31.2. The fourth-order valence-electron chi connectivity index (χ4n) is 6.85. The second kappa shape index (κ2) is 43.3. The van der Waals surface area contributed by atoms with Gasteiger partial charge >= 0.3 is 19.8 Å². The van der Waals surface area contributed by atoms with Crippen molar-refractivity contribution in [1.82, 2.24) is 0 Å². The number of ether oxygens (including phenoxy) is 2. The van der Waals surface area contributed by atoms with E-state index in [4.69, 9.17) is 24.3 Å². The fourth-order valence-corrected chi connectivity index (χ4v) is 7.62. The van der Waals surface area contributed by atoms with E-state index in [1.165, 1.54) is 173 Å². The minimum atomic E-state index is -4.37. The summed E-state index contributed by atoms with van der Waals surface area (Å²) >= 11 is 0. The molecule has 1 unspecified atom stereocenters. The molecule has 56 heavy (non-hydrogen) atoms. The molecule has 0 aromatic rings. The number of carbonyl (C=O) groups excluding carboxylic acids is 2. The number of carbonyl (C=O) groups is 2. The molecule has 0 amide bonds. The Balaban J connectivity index is 4.04. The lowest BCUT2D eigenvalue weighted by Gasteiger charge is -2.19. The van der Waals surface area contributed by atoms with E-state index in [-0.39, 0.29) is 38.6 Å². The van der Waals surface area contributed by atoms with Crippen molar-refractivity contribution in [3.8, 4) is 0 Å². The quantitative estimate of drug-likeness (QED) is 0.0266. The molecule has 2 atom stereocenters. The van der Waals surface area contributed by atoms with Crippen LogP contribution in [0.3, 0.4) is 0 Å². The van der Waals surface area contributed by atoms with Gasteiger partial charge in [-0.25, -0.2) is 4.57 Å². The van der Waals surface area contributed by atoms with E-state index < -0.39 is 26.5 Å². The third kappa shape index (κ3) is 42.4. The molecular weight excluding hydrogens is 725 g/mol. The van der Waals surface area contributed by atoms with Crippen molar-refractivity contribution in [2.75, 3.05) is 26.4 Å². The topological polar surface area (TPSA) is 134 Å². The molecule has 0 saturated heterocycles. The van der Waals surface area contributed by atoms with Crippen LogP contribution in [0, 0.1) is 0 Å². The van der Waals surface area contributed by atoms with E-state index in [9.17, 15) is 19.0 Å². The Kier molecular flexibility index (Phi) is 42.4. The summed E-state index contributed by atoms with van der Waals surface area (Å²) in [6, 6.07) is 0. The van der Waals surface area contributed by atoms with Crippen molar-refractivity contribution < 1.29 is 37.6 Å². The van der Waals surface area contributed by atoms with Crippen LogP contribution in [0.15, 0.2) is 12.2 Å². The molecule has 10 heteroatoms. The Morgan fingerprint density at radius 1 is 0.518 bits per heavy atom. The second-order valence-electron chi connectivity index (χ2n) is 16.0. The molecule has 0 aliphatic carbocycles. The van der Waals surface area contributed by atoms with Gasteiger partial charge in [0.25, 0.3) is 0 Å². The normalized spacial score (nSPS) is 13.3. The lowest BCUT2D eigenvalue weighted by Crippen LogP contribution is -2.29. The monoisotopic (exact) mass is 816 g/mol. The molecule has 0 aromatic heterocycles. The van der Waals surface area contributed by atoms with Crippen molar-refractivity contribution in [1.29, 1.82) is 0 Å². The van der Waals surface area contributed by atoms with Gasteiger partial charge in [0.1, 0.15) is 6.61 Å². The van der Waals surface area contributed by atoms with Crippen LogP contribution in [0.1, 0.15) is 239 Å². The van der Waals surface area contributed by atoms with E-state index in [1.54, 1.807) is 0 Å². The number of nitrogens with two attached hydrogens (primary N) is 1. The zero-order valence-electron chi connectivity index (χ0n) is 36.6. The van der Waals surface area contributed by atoms with Gasteiger partial charge in [-0.15, -0.1) is 0 Å². The van der Waals surface area contributed by atoms with Gasteiger partial charge in [0.2, 0.25) is 0 Å². The summed E-state index contributed by atoms with van der Waals surface area (Å²) in [5, 5.41) is 0. The minimum Gasteiger partial charge on any atom is -0.462 e. The molecule has 0 aliphatic heterocycles. The molecule has 0 fully saturated rings. The highest BCUT2D eigenvalue weighted by molar-refractivity contribution is 7.47. The number of phosphoric acid groups is 1. The van der Waals surface area contributed by atoms with E-state index >= 15 is 0 Å². The predicted octanol–water partition coefficient (Wildman–Crippen LogP) is 13.8. The smallest absolute Gasteiger partial charge is 0.462 e. The second-order valence-corrected chi connectivity index (χ2v) is 17.4. The summed E-state index contributed by atoms with van der Waals surface area (Å²) in [6.07, 6.45) is 45.3. The number of allylic oxidation sites excluding steroid dienone is 2. The number of esters is 2. The SMILES string of the molecule is CCCC/C=C/CCCCCCCCCCCC(=O)OC[C@H](COP(=O)(O)OCCN)OC(=O)CCCCCCCCCCCCCCCCCCCCCC. The Bertz CT molecular complexity index is 933. The van der Waals surface area contributed by atoms with E-state index in [0.717, 1.165) is 32.1 Å². The number of hydrogen-bond donors (Lipinski definition) is 2. The molecule has 0 aromatic carbocycles. The maximum atomic E-state index is 12.6. The minimum absolute atomic E-state index is 0.0563. The summed E-state index contributed by atoms with van der Waals surface area (Å²) in [6.45, 7) is 3.75. The third-order valence-corrected chi connectivity index (χ3v) is 11.4. The summed E-state index contributed by atoms with van der Waals surface area (Å²) in [5.41, 5.74) is 5.36. The first kappa shape index (κ1) is 54.8. The van der Waals surface area contributed by atoms with Crippen LogP contribution in [0.5, 0.6) is 0 Å². The first-order chi connectivity index (χ1) is 27.3. The van der Waals surface area contributed by atoms with E-state index in [2.05, 4.69) is 26.0 Å². The van der Waals surface area contributed by atoms with Gasteiger partial charge in [0, 0.05) is 19.4 Å². The van der Waals surface area contributed by atoms with Gasteiger partial charge in [0.05, 0.1) is 13.2 Å². The largest absolute Gasteiger partial charge is 0.472 e. The zero-order valence-corrected chi connectivity index (χ0v) is 37.5. The maximum Gasteiger partial charge on any atom is 0.472 e. The molecular formula is C46H90NO8P. The average Bonchev–Trinajstić information content (AvgIpc) is 3.18. The van der Waals surface area contributed by atoms with Gasteiger partial charge in [-0.05, 0) is 32.1 Å². The number of rotatable bonds is 45. The highest BCUT2D eigenvalue weighted by Crippen LogP contribution is 2.43. The molecule has 0 spiro atoms. The Morgan fingerprint density at radius 3 is 1.32 bits per heavy atom. The Hall–Kier alpha value is -1.25. The standard InChI is InChI=1S/C46H90NO8P/c1-3-5-7-9-11-13-15-17-19-20-21-22-23-25-27-29-31-33-35-37-39-46(49)55-44(43-54-56(50,51)53-41-40-47)42-52-45(48)38-36-34-32-30-28-26-24-18-16-14-12-10-8-6-4-2/h10,12,44H,3-9,11,13-43,47H2,1-2H3,(H,50,51)/b12-10+/t44-/m1/s1. The molecule has 9 nitrogen and oxygen atoms in total. The van der Waals surface area contributed by atoms with Gasteiger partial charge < -0.3 is 20.1 Å². The van der Waals surface area contributed by atoms with Crippen LogP contribution in [-0.4, -0.2) is 49.3 Å². The van der Waals surface area contributed by atoms with Crippen LogP contribution in [-0.2, 0) is 32.7 Å². The lowest BCUT2D eigenvalue weighted by molar-refractivity contribution is -0.161. The Labute approximate surface area is 345 Å². The fraction of sp³-hybridized carbons (Fsp3) is 0.913. The maximum absolute atomic E-state index is 12.6. The summed E-state index contributed by atoms with van der Waals surface area (Å²) in [4.78, 5) is 34.9. The molecule has 0 saturated carbocycles. The number of hydrogen-bond acceptors (Lipinski definition) is 8. The average molecular weight is 816 g/mol. The van der Waals surface area contributed by atoms with Gasteiger partial charge in [0.15, 0.2) is 6.10 Å². The van der Waals surface area contributed by atoms with Crippen molar-refractivity contribution in [3.63, 3.8) is 0 Å². The molecule has 0 bridgehead atoms. The molecule has 332 valence electrons. The van der Waals surface area contributed by atoms with Crippen molar-refractivity contribution in [2.24, 2.45) is 5.73 Å². The van der Waals surface area contributed by atoms with Crippen LogP contribution in [0.4, 0.5) is 0 Å². The van der Waals surface area contributed by atoms with Gasteiger partial charge in [-0.3, -0.25) is 18.6 Å². The number of unbranched alkanes of at least 4 members (excludes halogenated alkanes) is 30. The zero-order chi connectivity index (χ0) is 41.1. The van der Waals surface area contributed by atoms with Crippen LogP contribution in [0.2, 0.25) is 0 Å². The third-order valence-electron chi connectivity index (χ3n) is 10.4. The van der Waals surface area contributed by atoms with Crippen molar-refractivity contribution in [2.45, 2.75) is 245 Å². The molecule has 0 heterocycles. The Morgan fingerprint density at radius 2 is 0.893 bits per heavy atom. The first-order valence-electron chi connectivity index (χ1n) is 23.7. The van der Waals surface area contributed by atoms with Crippen LogP contribution >= 0.6 is 7.82 Å². The summed E-state index contributed by atoms with van der Waals surface area (Å²) in [5.74, 6) is -0.817. The highest BCUT2D eigenvalue weighted by Gasteiger charge is 2.26. The van der Waals surface area contributed by atoms with Crippen molar-refractivity contribution >= 4 is 19.8 Å². The van der Waals surface area contributed by atoms with Gasteiger partial charge in [-0.2, -0.15) is 0 Å². The van der Waals surface area contributed by atoms with Gasteiger partial charge in [-0.1, -0.05) is 206 Å². The van der Waals surface area contributed by atoms with E-state index in [1.807, 2.05) is 0 Å². The van der Waals surface area contributed by atoms with Crippen LogP contribution in [0.25, 0.3) is 0 Å². The number of phosphoric ester groups is 1. The predicted molar refractivity (Wildman–Crippen MR) is 234 cm³/mol. The summed E-state index contributed by atoms with van der Waals surface area (Å²) in [7, 11) is -4.37. The molecule has 0 rings (SSSR count). The van der Waals surface area contributed by atoms with Crippen LogP contribution < -0.4 is 5.73 Å². The van der Waals surface area contributed by atoms with Crippen molar-refractivity contribution in [3.05, 3.63) is 12.2 Å². The first-order valence-corrected chi connectivity index (χ1v) is 25.2. The molecule has 0 radical (unpaired) electrons.